The van der Waals surface area contributed by atoms with Crippen LogP contribution in [-0.2, 0) is 16.0 Å². The van der Waals surface area contributed by atoms with E-state index in [4.69, 9.17) is 11.6 Å². The fraction of sp³-hybridized carbons (Fsp3) is 0.529. The summed E-state index contributed by atoms with van der Waals surface area (Å²) in [5.41, 5.74) is 0.614. The summed E-state index contributed by atoms with van der Waals surface area (Å²) in [5.74, 6) is 0.299. The molecule has 0 aromatic heterocycles. The molecule has 0 N–H and O–H groups in total. The maximum absolute atomic E-state index is 13.1. The number of carbonyl (C=O) groups excluding carboxylic acids is 2. The zero-order valence-electron chi connectivity index (χ0n) is 12.9. The van der Waals surface area contributed by atoms with Gasteiger partial charge in [0.25, 0.3) is 0 Å². The van der Waals surface area contributed by atoms with Crippen LogP contribution in [0.4, 0.5) is 4.39 Å². The van der Waals surface area contributed by atoms with Gasteiger partial charge in [-0.3, -0.25) is 9.59 Å². The van der Waals surface area contributed by atoms with E-state index in [1.165, 1.54) is 31.0 Å². The molecule has 6 heteroatoms. The van der Waals surface area contributed by atoms with Crippen molar-refractivity contribution in [3.63, 3.8) is 0 Å². The van der Waals surface area contributed by atoms with Crippen molar-refractivity contribution < 1.29 is 14.0 Å². The van der Waals surface area contributed by atoms with E-state index >= 15 is 0 Å². The second kappa shape index (κ2) is 6.87. The molecule has 1 saturated carbocycles. The van der Waals surface area contributed by atoms with Gasteiger partial charge in [0.05, 0.1) is 6.42 Å². The Morgan fingerprint density at radius 3 is 2.74 bits per heavy atom. The molecule has 0 bridgehead atoms. The van der Waals surface area contributed by atoms with Crippen molar-refractivity contribution in [1.82, 2.24) is 9.80 Å². The Morgan fingerprint density at radius 1 is 1.26 bits per heavy atom. The topological polar surface area (TPSA) is 40.6 Å². The van der Waals surface area contributed by atoms with Crippen LogP contribution in [-0.4, -0.2) is 47.8 Å². The maximum atomic E-state index is 13.1. The van der Waals surface area contributed by atoms with Crippen LogP contribution >= 0.6 is 11.6 Å². The van der Waals surface area contributed by atoms with E-state index in [1.807, 2.05) is 4.90 Å². The monoisotopic (exact) mass is 338 g/mol. The summed E-state index contributed by atoms with van der Waals surface area (Å²) < 4.78 is 13.1. The molecule has 2 aliphatic rings. The molecule has 2 amide bonds. The minimum absolute atomic E-state index is 0.0698. The third-order valence-electron chi connectivity index (χ3n) is 4.47. The van der Waals surface area contributed by atoms with Gasteiger partial charge in [0.1, 0.15) is 5.82 Å². The van der Waals surface area contributed by atoms with Gasteiger partial charge in [-0.2, -0.15) is 0 Å². The molecule has 0 spiro atoms. The van der Waals surface area contributed by atoms with E-state index in [-0.39, 0.29) is 23.3 Å². The minimum atomic E-state index is -0.415. The molecule has 1 saturated heterocycles. The second-order valence-electron chi connectivity index (χ2n) is 6.33. The highest BCUT2D eigenvalue weighted by atomic mass is 35.5. The van der Waals surface area contributed by atoms with E-state index < -0.39 is 5.82 Å². The van der Waals surface area contributed by atoms with Crippen molar-refractivity contribution in [2.45, 2.75) is 25.7 Å². The standard InChI is InChI=1S/C17H20ClFN2O2/c18-15-10-14(19)4-3-13(15)9-17(23)20-6-5-16(22)21(8-7-20)11-12-1-2-12/h3-4,10,12H,1-2,5-9,11H2. The van der Waals surface area contributed by atoms with Gasteiger partial charge in [-0.05, 0) is 36.5 Å². The molecule has 124 valence electrons. The summed E-state index contributed by atoms with van der Waals surface area (Å²) in [6, 6.07) is 4.06. The van der Waals surface area contributed by atoms with Crippen LogP contribution < -0.4 is 0 Å². The average molecular weight is 339 g/mol. The highest BCUT2D eigenvalue weighted by Gasteiger charge is 2.29. The molecule has 4 nitrogen and oxygen atoms in total. The third-order valence-corrected chi connectivity index (χ3v) is 4.82. The molecule has 1 aromatic rings. The lowest BCUT2D eigenvalue weighted by molar-refractivity contribution is -0.130. The Kier molecular flexibility index (Phi) is 4.85. The predicted octanol–water partition coefficient (Wildman–Crippen LogP) is 2.49. The van der Waals surface area contributed by atoms with Gasteiger partial charge in [-0.1, -0.05) is 17.7 Å². The molecule has 1 aliphatic heterocycles. The highest BCUT2D eigenvalue weighted by Crippen LogP contribution is 2.30. The summed E-state index contributed by atoms with van der Waals surface area (Å²) in [7, 11) is 0. The van der Waals surface area contributed by atoms with Gasteiger partial charge in [-0.25, -0.2) is 4.39 Å². The molecular formula is C17H20ClFN2O2. The first-order valence-corrected chi connectivity index (χ1v) is 8.40. The lowest BCUT2D eigenvalue weighted by atomic mass is 10.1. The van der Waals surface area contributed by atoms with Gasteiger partial charge in [0.2, 0.25) is 11.8 Å². The maximum Gasteiger partial charge on any atom is 0.227 e. The molecule has 23 heavy (non-hydrogen) atoms. The molecule has 1 aliphatic carbocycles. The van der Waals surface area contributed by atoms with Crippen LogP contribution in [0.25, 0.3) is 0 Å². The van der Waals surface area contributed by atoms with Gasteiger partial charge in [-0.15, -0.1) is 0 Å². The SMILES string of the molecule is O=C(Cc1ccc(F)cc1Cl)N1CCC(=O)N(CC2CC2)CC1. The fourth-order valence-corrected chi connectivity index (χ4v) is 3.10. The Morgan fingerprint density at radius 2 is 2.04 bits per heavy atom. The van der Waals surface area contributed by atoms with E-state index in [9.17, 15) is 14.0 Å². The van der Waals surface area contributed by atoms with Gasteiger partial charge in [0.15, 0.2) is 0 Å². The van der Waals surface area contributed by atoms with Crippen LogP contribution in [0.15, 0.2) is 18.2 Å². The molecule has 2 fully saturated rings. The van der Waals surface area contributed by atoms with E-state index in [0.29, 0.717) is 37.5 Å². The summed E-state index contributed by atoms with van der Waals surface area (Å²) in [4.78, 5) is 28.2. The van der Waals surface area contributed by atoms with E-state index in [1.54, 1.807) is 4.90 Å². The largest absolute Gasteiger partial charge is 0.341 e. The number of hydrogen-bond donors (Lipinski definition) is 0. The van der Waals surface area contributed by atoms with Crippen LogP contribution in [0, 0.1) is 11.7 Å². The highest BCUT2D eigenvalue weighted by molar-refractivity contribution is 6.31. The Labute approximate surface area is 140 Å². The second-order valence-corrected chi connectivity index (χ2v) is 6.73. The zero-order chi connectivity index (χ0) is 16.4. The predicted molar refractivity (Wildman–Crippen MR) is 85.6 cm³/mol. The summed E-state index contributed by atoms with van der Waals surface area (Å²) in [5, 5.41) is 0.264. The van der Waals surface area contributed by atoms with Crippen LogP contribution in [0.1, 0.15) is 24.8 Å². The van der Waals surface area contributed by atoms with Crippen LogP contribution in [0.2, 0.25) is 5.02 Å². The van der Waals surface area contributed by atoms with Crippen molar-refractivity contribution in [2.24, 2.45) is 5.92 Å². The Balaban J connectivity index is 1.59. The van der Waals surface area contributed by atoms with Gasteiger partial charge < -0.3 is 9.80 Å². The minimum Gasteiger partial charge on any atom is -0.341 e. The number of hydrogen-bond acceptors (Lipinski definition) is 2. The lowest BCUT2D eigenvalue weighted by Gasteiger charge is -2.22. The summed E-state index contributed by atoms with van der Waals surface area (Å²) in [6.07, 6.45) is 2.91. The first-order chi connectivity index (χ1) is 11.0. The Bertz CT molecular complexity index is 619. The molecular weight excluding hydrogens is 319 g/mol. The number of halogens is 2. The van der Waals surface area contributed by atoms with Crippen molar-refractivity contribution in [1.29, 1.82) is 0 Å². The molecule has 3 rings (SSSR count). The van der Waals surface area contributed by atoms with Gasteiger partial charge in [0, 0.05) is 37.6 Å². The first kappa shape index (κ1) is 16.2. The number of rotatable bonds is 4. The normalized spacial score (nSPS) is 19.0. The van der Waals surface area contributed by atoms with E-state index in [0.717, 1.165) is 6.54 Å². The van der Waals surface area contributed by atoms with Crippen molar-refractivity contribution in [3.8, 4) is 0 Å². The zero-order valence-corrected chi connectivity index (χ0v) is 13.7. The smallest absolute Gasteiger partial charge is 0.227 e. The van der Waals surface area contributed by atoms with Crippen molar-refractivity contribution in [3.05, 3.63) is 34.6 Å². The molecule has 0 radical (unpaired) electrons. The number of carbonyl (C=O) groups is 2. The average Bonchev–Trinajstić information content (AvgIpc) is 3.33. The molecule has 1 heterocycles. The third kappa shape index (κ3) is 4.22. The van der Waals surface area contributed by atoms with Gasteiger partial charge >= 0.3 is 0 Å². The molecule has 0 atom stereocenters. The molecule has 1 aromatic carbocycles. The van der Waals surface area contributed by atoms with Crippen molar-refractivity contribution >= 4 is 23.4 Å². The number of nitrogens with zero attached hydrogens (tertiary/aromatic N) is 2. The summed E-state index contributed by atoms with van der Waals surface area (Å²) >= 11 is 5.98. The number of benzene rings is 1. The van der Waals surface area contributed by atoms with Crippen LogP contribution in [0.5, 0.6) is 0 Å². The number of amides is 2. The first-order valence-electron chi connectivity index (χ1n) is 8.02. The lowest BCUT2D eigenvalue weighted by Crippen LogP contribution is -2.37. The quantitative estimate of drug-likeness (QED) is 0.846. The van der Waals surface area contributed by atoms with Crippen molar-refractivity contribution in [2.75, 3.05) is 26.2 Å². The summed E-state index contributed by atoms with van der Waals surface area (Å²) in [6.45, 7) is 2.41. The molecule has 0 unspecified atom stereocenters. The van der Waals surface area contributed by atoms with Crippen LogP contribution in [0.3, 0.4) is 0 Å². The van der Waals surface area contributed by atoms with E-state index in [2.05, 4.69) is 0 Å². The fourth-order valence-electron chi connectivity index (χ4n) is 2.86. The Hall–Kier alpha value is -1.62.